The van der Waals surface area contributed by atoms with Gasteiger partial charge in [-0.2, -0.15) is 0 Å². The Hall–Kier alpha value is -0.120. The molecule has 0 heterocycles. The molecule has 0 spiro atoms. The number of hydrogen-bond acceptors (Lipinski definition) is 1. The first-order valence-electron chi connectivity index (χ1n) is 5.97. The zero-order valence-corrected chi connectivity index (χ0v) is 13.8. The number of rotatable bonds is 1. The van der Waals surface area contributed by atoms with Crippen molar-refractivity contribution in [2.24, 2.45) is 0 Å². The molecule has 1 aromatic carbocycles. The summed E-state index contributed by atoms with van der Waals surface area (Å²) in [5, 5.41) is 1.61. The SMILES string of the molecule is CC(C)(C)P(=O)(c1ccccc1P)C(C)(C)C. The van der Waals surface area contributed by atoms with Crippen LogP contribution in [0.4, 0.5) is 0 Å². The van der Waals surface area contributed by atoms with Crippen LogP contribution in [0.25, 0.3) is 0 Å². The lowest BCUT2D eigenvalue weighted by atomic mass is 10.2. The van der Waals surface area contributed by atoms with Crippen LogP contribution in [-0.2, 0) is 4.57 Å². The van der Waals surface area contributed by atoms with Crippen LogP contribution in [-0.4, -0.2) is 10.3 Å². The molecule has 0 saturated heterocycles. The molecule has 0 aromatic heterocycles. The molecule has 0 saturated carbocycles. The maximum atomic E-state index is 13.7. The predicted molar refractivity (Wildman–Crippen MR) is 82.5 cm³/mol. The van der Waals surface area contributed by atoms with E-state index in [2.05, 4.69) is 50.8 Å². The van der Waals surface area contributed by atoms with E-state index in [0.29, 0.717) is 0 Å². The molecule has 1 rings (SSSR count). The first-order valence-corrected chi connectivity index (χ1v) is 8.25. The quantitative estimate of drug-likeness (QED) is 0.710. The van der Waals surface area contributed by atoms with Gasteiger partial charge < -0.3 is 4.57 Å². The average Bonchev–Trinajstić information content (AvgIpc) is 2.13. The summed E-state index contributed by atoms with van der Waals surface area (Å²) >= 11 is 0. The molecule has 3 heteroatoms. The Morgan fingerprint density at radius 3 is 1.71 bits per heavy atom. The fourth-order valence-electron chi connectivity index (χ4n) is 2.50. The molecule has 0 aliphatic heterocycles. The second-order valence-corrected chi connectivity index (χ2v) is 11.5. The Balaban J connectivity index is 3.59. The number of hydrogen-bond donors (Lipinski definition) is 0. The van der Waals surface area contributed by atoms with Gasteiger partial charge in [-0.05, 0) is 5.30 Å². The van der Waals surface area contributed by atoms with Crippen molar-refractivity contribution in [3.05, 3.63) is 24.3 Å². The van der Waals surface area contributed by atoms with E-state index >= 15 is 0 Å². The molecule has 0 amide bonds. The van der Waals surface area contributed by atoms with Crippen LogP contribution in [0.15, 0.2) is 24.3 Å². The molecule has 1 unspecified atom stereocenters. The predicted octanol–water partition coefficient (Wildman–Crippen LogP) is 3.77. The summed E-state index contributed by atoms with van der Waals surface area (Å²) in [6.07, 6.45) is 0. The van der Waals surface area contributed by atoms with Crippen LogP contribution in [0.1, 0.15) is 41.5 Å². The van der Waals surface area contributed by atoms with Crippen LogP contribution < -0.4 is 10.6 Å². The largest absolute Gasteiger partial charge is 0.318 e. The Morgan fingerprint density at radius 2 is 1.35 bits per heavy atom. The normalized spacial score (nSPS) is 13.8. The molecule has 1 atom stereocenters. The van der Waals surface area contributed by atoms with Gasteiger partial charge in [0.1, 0.15) is 7.14 Å². The van der Waals surface area contributed by atoms with Gasteiger partial charge >= 0.3 is 0 Å². The highest BCUT2D eigenvalue weighted by atomic mass is 31.2. The molecule has 0 radical (unpaired) electrons. The third-order valence-electron chi connectivity index (χ3n) is 3.17. The van der Waals surface area contributed by atoms with Crippen molar-refractivity contribution in [2.75, 3.05) is 0 Å². The monoisotopic (exact) mass is 270 g/mol. The van der Waals surface area contributed by atoms with Crippen LogP contribution in [0.3, 0.4) is 0 Å². The van der Waals surface area contributed by atoms with E-state index in [0.717, 1.165) is 10.6 Å². The second-order valence-electron chi connectivity index (χ2n) is 6.51. The first-order chi connectivity index (χ1) is 7.52. The third kappa shape index (κ3) is 2.51. The molecule has 0 N–H and O–H groups in total. The van der Waals surface area contributed by atoms with E-state index in [1.807, 2.05) is 24.3 Å². The highest BCUT2D eigenvalue weighted by Gasteiger charge is 2.47. The van der Waals surface area contributed by atoms with E-state index in [-0.39, 0.29) is 10.3 Å². The van der Waals surface area contributed by atoms with Gasteiger partial charge in [0.15, 0.2) is 0 Å². The standard InChI is InChI=1S/C14H24OP2/c1-13(2,3)17(15,14(4,5)6)12-10-8-7-9-11(12)16/h7-10H,16H2,1-6H3. The Bertz CT molecular complexity index is 432. The average molecular weight is 270 g/mol. The highest BCUT2D eigenvalue weighted by Crippen LogP contribution is 2.65. The van der Waals surface area contributed by atoms with Gasteiger partial charge in [0.2, 0.25) is 0 Å². The van der Waals surface area contributed by atoms with E-state index in [9.17, 15) is 4.57 Å². The summed E-state index contributed by atoms with van der Waals surface area (Å²) in [6.45, 7) is 12.5. The summed E-state index contributed by atoms with van der Waals surface area (Å²) in [5.74, 6) is 0. The van der Waals surface area contributed by atoms with Gasteiger partial charge in [-0.15, -0.1) is 9.24 Å². The minimum absolute atomic E-state index is 0.224. The molecular weight excluding hydrogens is 246 g/mol. The van der Waals surface area contributed by atoms with Crippen molar-refractivity contribution in [1.29, 1.82) is 0 Å². The lowest BCUT2D eigenvalue weighted by molar-refractivity contribution is 0.528. The lowest BCUT2D eigenvalue weighted by Gasteiger charge is -2.42. The Kier molecular flexibility index (Phi) is 3.98. The summed E-state index contributed by atoms with van der Waals surface area (Å²) in [7, 11) is 0.219. The Morgan fingerprint density at radius 1 is 0.941 bits per heavy atom. The number of benzene rings is 1. The van der Waals surface area contributed by atoms with Gasteiger partial charge in [-0.1, -0.05) is 65.8 Å². The van der Waals surface area contributed by atoms with Crippen LogP contribution in [0, 0.1) is 0 Å². The van der Waals surface area contributed by atoms with Crippen molar-refractivity contribution < 1.29 is 4.57 Å². The van der Waals surface area contributed by atoms with Crippen LogP contribution in [0.2, 0.25) is 0 Å². The second kappa shape index (κ2) is 4.52. The summed E-state index contributed by atoms with van der Waals surface area (Å²) in [4.78, 5) is 0. The maximum absolute atomic E-state index is 13.7. The minimum Gasteiger partial charge on any atom is -0.318 e. The zero-order valence-electron chi connectivity index (χ0n) is 11.7. The summed E-state index contributed by atoms with van der Waals surface area (Å²) in [6, 6.07) is 8.00. The summed E-state index contributed by atoms with van der Waals surface area (Å²) in [5.41, 5.74) is 0. The summed E-state index contributed by atoms with van der Waals surface area (Å²) < 4.78 is 13.7. The molecular formula is C14H24OP2. The molecule has 0 aliphatic carbocycles. The molecule has 96 valence electrons. The van der Waals surface area contributed by atoms with Crippen molar-refractivity contribution in [3.8, 4) is 0 Å². The van der Waals surface area contributed by atoms with Gasteiger partial charge in [-0.3, -0.25) is 0 Å². The maximum Gasteiger partial charge on any atom is 0.126 e. The zero-order chi connectivity index (χ0) is 13.5. The van der Waals surface area contributed by atoms with Gasteiger partial charge in [0.05, 0.1) is 0 Å². The van der Waals surface area contributed by atoms with Crippen LogP contribution >= 0.6 is 16.4 Å². The Labute approximate surface area is 108 Å². The minimum atomic E-state index is -2.50. The van der Waals surface area contributed by atoms with E-state index in [1.165, 1.54) is 0 Å². The lowest BCUT2D eigenvalue weighted by Crippen LogP contribution is -2.38. The smallest absolute Gasteiger partial charge is 0.126 e. The molecule has 0 bridgehead atoms. The van der Waals surface area contributed by atoms with Crippen molar-refractivity contribution >= 4 is 27.0 Å². The van der Waals surface area contributed by atoms with E-state index < -0.39 is 7.14 Å². The highest BCUT2D eigenvalue weighted by molar-refractivity contribution is 7.75. The van der Waals surface area contributed by atoms with Crippen molar-refractivity contribution in [3.63, 3.8) is 0 Å². The van der Waals surface area contributed by atoms with E-state index in [4.69, 9.17) is 0 Å². The molecule has 17 heavy (non-hydrogen) atoms. The van der Waals surface area contributed by atoms with Gasteiger partial charge in [0, 0.05) is 15.6 Å². The third-order valence-corrected chi connectivity index (χ3v) is 8.78. The first kappa shape index (κ1) is 14.9. The topological polar surface area (TPSA) is 17.1 Å². The van der Waals surface area contributed by atoms with Gasteiger partial charge in [0.25, 0.3) is 0 Å². The van der Waals surface area contributed by atoms with E-state index in [1.54, 1.807) is 0 Å². The van der Waals surface area contributed by atoms with Crippen LogP contribution in [0.5, 0.6) is 0 Å². The molecule has 1 nitrogen and oxygen atoms in total. The molecule has 0 fully saturated rings. The van der Waals surface area contributed by atoms with Crippen molar-refractivity contribution in [1.82, 2.24) is 0 Å². The molecule has 1 aromatic rings. The molecule has 0 aliphatic rings. The van der Waals surface area contributed by atoms with Crippen molar-refractivity contribution in [2.45, 2.75) is 51.9 Å². The fraction of sp³-hybridized carbons (Fsp3) is 0.571. The van der Waals surface area contributed by atoms with Gasteiger partial charge in [-0.25, -0.2) is 0 Å². The fourth-order valence-corrected chi connectivity index (χ4v) is 7.45.